The highest BCUT2D eigenvalue weighted by molar-refractivity contribution is 7.89. The van der Waals surface area contributed by atoms with Gasteiger partial charge in [0.2, 0.25) is 20.0 Å². The number of amides is 1. The number of carbonyl (C=O) groups excluding carboxylic acids is 1. The number of hydrogen-bond donors (Lipinski definition) is 3. The van der Waals surface area contributed by atoms with E-state index in [4.69, 9.17) is 5.14 Å². The van der Waals surface area contributed by atoms with Crippen LogP contribution in [0.15, 0.2) is 47.4 Å². The van der Waals surface area contributed by atoms with Gasteiger partial charge in [0.15, 0.2) is 0 Å². The molecule has 1 saturated carbocycles. The van der Waals surface area contributed by atoms with Crippen LogP contribution < -0.4 is 15.2 Å². The molecule has 1 fully saturated rings. The van der Waals surface area contributed by atoms with Crippen LogP contribution in [0, 0.1) is 6.92 Å². The second kappa shape index (κ2) is 7.63. The number of rotatable bonds is 7. The number of carbonyl (C=O) groups is 1. The van der Waals surface area contributed by atoms with Crippen LogP contribution in [0.4, 0.5) is 5.69 Å². The van der Waals surface area contributed by atoms with Crippen LogP contribution in [-0.2, 0) is 25.8 Å². The van der Waals surface area contributed by atoms with Crippen molar-refractivity contribution in [3.05, 3.63) is 59.2 Å². The molecule has 1 aliphatic rings. The van der Waals surface area contributed by atoms with Gasteiger partial charge in [0.25, 0.3) is 5.91 Å². The molecule has 8 nitrogen and oxygen atoms in total. The van der Waals surface area contributed by atoms with E-state index in [2.05, 4.69) is 10.0 Å². The Bertz CT molecular complexity index is 1120. The number of sulfonamides is 2. The molecule has 150 valence electrons. The Hall–Kier alpha value is -2.27. The zero-order valence-electron chi connectivity index (χ0n) is 15.2. The fourth-order valence-electron chi connectivity index (χ4n) is 2.67. The van der Waals surface area contributed by atoms with Gasteiger partial charge in [-0.2, -0.15) is 0 Å². The number of nitrogens with one attached hydrogen (secondary N) is 2. The number of nitrogens with two attached hydrogens (primary N) is 1. The summed E-state index contributed by atoms with van der Waals surface area (Å²) in [4.78, 5) is 12.7. The molecule has 0 saturated heterocycles. The molecular weight excluding hydrogens is 402 g/mol. The largest absolute Gasteiger partial charge is 0.322 e. The third-order valence-electron chi connectivity index (χ3n) is 4.22. The lowest BCUT2D eigenvalue weighted by Crippen LogP contribution is -2.26. The van der Waals surface area contributed by atoms with Crippen molar-refractivity contribution in [1.29, 1.82) is 0 Å². The highest BCUT2D eigenvalue weighted by Crippen LogP contribution is 2.24. The molecule has 2 aromatic carbocycles. The average molecular weight is 424 g/mol. The first-order valence-corrected chi connectivity index (χ1v) is 11.8. The quantitative estimate of drug-likeness (QED) is 0.620. The summed E-state index contributed by atoms with van der Waals surface area (Å²) in [7, 11) is -7.37. The van der Waals surface area contributed by atoms with E-state index >= 15 is 0 Å². The molecule has 0 aliphatic heterocycles. The third kappa shape index (κ3) is 5.38. The molecule has 4 N–H and O–H groups in total. The van der Waals surface area contributed by atoms with Gasteiger partial charge in [-0.25, -0.2) is 26.7 Å². The van der Waals surface area contributed by atoms with Crippen molar-refractivity contribution in [3.63, 3.8) is 0 Å². The van der Waals surface area contributed by atoms with Crippen molar-refractivity contribution in [2.75, 3.05) is 5.32 Å². The SMILES string of the molecule is Cc1ccc(S(=O)(=O)NC2CC2)cc1C(=O)Nc1cccc(CS(N)(=O)=O)c1. The summed E-state index contributed by atoms with van der Waals surface area (Å²) in [5.41, 5.74) is 1.65. The molecule has 0 aromatic heterocycles. The van der Waals surface area contributed by atoms with Crippen molar-refractivity contribution in [2.45, 2.75) is 36.5 Å². The Morgan fingerprint density at radius 1 is 1.11 bits per heavy atom. The maximum Gasteiger partial charge on any atom is 0.255 e. The summed E-state index contributed by atoms with van der Waals surface area (Å²) < 4.78 is 49.8. The smallest absolute Gasteiger partial charge is 0.255 e. The molecule has 1 aliphatic carbocycles. The molecule has 3 rings (SSSR count). The van der Waals surface area contributed by atoms with E-state index < -0.39 is 26.0 Å². The van der Waals surface area contributed by atoms with Crippen molar-refractivity contribution < 1.29 is 21.6 Å². The lowest BCUT2D eigenvalue weighted by molar-refractivity contribution is 0.102. The summed E-state index contributed by atoms with van der Waals surface area (Å²) >= 11 is 0. The van der Waals surface area contributed by atoms with Gasteiger partial charge in [-0.05, 0) is 55.2 Å². The van der Waals surface area contributed by atoms with E-state index in [0.29, 0.717) is 16.8 Å². The summed E-state index contributed by atoms with van der Waals surface area (Å²) in [6.45, 7) is 1.71. The average Bonchev–Trinajstić information content (AvgIpc) is 3.37. The van der Waals surface area contributed by atoms with Crippen LogP contribution in [-0.4, -0.2) is 28.8 Å². The topological polar surface area (TPSA) is 135 Å². The molecule has 0 bridgehead atoms. The van der Waals surface area contributed by atoms with Gasteiger partial charge in [-0.15, -0.1) is 0 Å². The molecule has 0 unspecified atom stereocenters. The summed E-state index contributed by atoms with van der Waals surface area (Å²) in [6.07, 6.45) is 1.63. The summed E-state index contributed by atoms with van der Waals surface area (Å²) in [5, 5.41) is 7.72. The summed E-state index contributed by atoms with van der Waals surface area (Å²) in [5.74, 6) is -0.843. The zero-order chi connectivity index (χ0) is 20.5. The molecule has 0 radical (unpaired) electrons. The molecule has 0 atom stereocenters. The van der Waals surface area contributed by atoms with Gasteiger partial charge in [0, 0.05) is 17.3 Å². The fourth-order valence-corrected chi connectivity index (χ4v) is 4.65. The van der Waals surface area contributed by atoms with Crippen LogP contribution in [0.1, 0.15) is 34.3 Å². The molecular formula is C18H21N3O5S2. The maximum absolute atomic E-state index is 12.7. The van der Waals surface area contributed by atoms with Crippen LogP contribution in [0.3, 0.4) is 0 Å². The van der Waals surface area contributed by atoms with Crippen LogP contribution in [0.2, 0.25) is 0 Å². The number of anilines is 1. The van der Waals surface area contributed by atoms with Gasteiger partial charge >= 0.3 is 0 Å². The minimum atomic E-state index is -3.69. The van der Waals surface area contributed by atoms with Crippen LogP contribution in [0.25, 0.3) is 0 Å². The molecule has 2 aromatic rings. The fraction of sp³-hybridized carbons (Fsp3) is 0.278. The van der Waals surface area contributed by atoms with E-state index in [-0.39, 0.29) is 22.3 Å². The highest BCUT2D eigenvalue weighted by atomic mass is 32.2. The standard InChI is InChI=1S/C18H21N3O5S2/c1-12-5-8-16(28(25,26)21-14-6-7-14)10-17(12)18(22)20-15-4-2-3-13(9-15)11-27(19,23)24/h2-5,8-10,14,21H,6-7,11H2,1H3,(H,20,22)(H2,19,23,24). The van der Waals surface area contributed by atoms with Crippen molar-refractivity contribution >= 4 is 31.6 Å². The van der Waals surface area contributed by atoms with E-state index in [1.807, 2.05) is 0 Å². The minimum Gasteiger partial charge on any atom is -0.322 e. The van der Waals surface area contributed by atoms with Gasteiger partial charge in [0.05, 0.1) is 10.6 Å². The lowest BCUT2D eigenvalue weighted by Gasteiger charge is -2.11. The van der Waals surface area contributed by atoms with Gasteiger partial charge in [-0.3, -0.25) is 4.79 Å². The first kappa shape index (κ1) is 20.5. The highest BCUT2D eigenvalue weighted by Gasteiger charge is 2.28. The van der Waals surface area contributed by atoms with Crippen molar-refractivity contribution in [2.24, 2.45) is 5.14 Å². The number of aryl methyl sites for hydroxylation is 1. The van der Waals surface area contributed by atoms with Gasteiger partial charge < -0.3 is 5.32 Å². The van der Waals surface area contributed by atoms with E-state index in [1.165, 1.54) is 18.2 Å². The second-order valence-electron chi connectivity index (χ2n) is 6.83. The normalized spacial score (nSPS) is 14.6. The predicted molar refractivity (Wildman–Crippen MR) is 106 cm³/mol. The molecule has 1 amide bonds. The third-order valence-corrected chi connectivity index (χ3v) is 6.47. The Labute approximate surface area is 164 Å². The Morgan fingerprint density at radius 2 is 1.82 bits per heavy atom. The number of benzene rings is 2. The molecule has 0 heterocycles. The maximum atomic E-state index is 12.7. The first-order chi connectivity index (χ1) is 13.0. The number of hydrogen-bond acceptors (Lipinski definition) is 5. The second-order valence-corrected chi connectivity index (χ2v) is 10.2. The Morgan fingerprint density at radius 3 is 2.46 bits per heavy atom. The van der Waals surface area contributed by atoms with Crippen molar-refractivity contribution in [1.82, 2.24) is 4.72 Å². The zero-order valence-corrected chi connectivity index (χ0v) is 16.8. The molecule has 10 heteroatoms. The minimum absolute atomic E-state index is 0.0260. The van der Waals surface area contributed by atoms with Gasteiger partial charge in [0.1, 0.15) is 0 Å². The summed E-state index contributed by atoms with van der Waals surface area (Å²) in [6, 6.07) is 10.6. The molecule has 28 heavy (non-hydrogen) atoms. The van der Waals surface area contributed by atoms with Crippen molar-refractivity contribution in [3.8, 4) is 0 Å². The van der Waals surface area contributed by atoms with Crippen LogP contribution in [0.5, 0.6) is 0 Å². The molecule has 0 spiro atoms. The monoisotopic (exact) mass is 423 g/mol. The first-order valence-electron chi connectivity index (χ1n) is 8.57. The predicted octanol–water partition coefficient (Wildman–Crippen LogP) is 1.48. The number of primary sulfonamides is 1. The Balaban J connectivity index is 1.83. The van der Waals surface area contributed by atoms with Gasteiger partial charge in [-0.1, -0.05) is 18.2 Å². The van der Waals surface area contributed by atoms with E-state index in [9.17, 15) is 21.6 Å². The van der Waals surface area contributed by atoms with E-state index in [0.717, 1.165) is 12.8 Å². The Kier molecular flexibility index (Phi) is 5.57. The van der Waals surface area contributed by atoms with E-state index in [1.54, 1.807) is 31.2 Å². The lowest BCUT2D eigenvalue weighted by atomic mass is 10.1. The van der Waals surface area contributed by atoms with Crippen LogP contribution >= 0.6 is 0 Å².